The maximum Gasteiger partial charge on any atom is 0.176 e. The van der Waals surface area contributed by atoms with Gasteiger partial charge in [0, 0.05) is 21.4 Å². The van der Waals surface area contributed by atoms with Crippen molar-refractivity contribution in [2.45, 2.75) is 9.79 Å². The van der Waals surface area contributed by atoms with Crippen molar-refractivity contribution >= 4 is 44.3 Å². The summed E-state index contributed by atoms with van der Waals surface area (Å²) in [6.07, 6.45) is 3.26. The van der Waals surface area contributed by atoms with Crippen molar-refractivity contribution in [2.24, 2.45) is 0 Å². The number of thioether (sulfide) groups is 1. The zero-order valence-electron chi connectivity index (χ0n) is 8.76. The predicted molar refractivity (Wildman–Crippen MR) is 72.5 cm³/mol. The fraction of sp³-hybridized carbons (Fsp3) is 0.200. The average molecular weight is 290 g/mol. The van der Waals surface area contributed by atoms with Gasteiger partial charge in [-0.05, 0) is 23.8 Å². The molecule has 2 aromatic heterocycles. The summed E-state index contributed by atoms with van der Waals surface area (Å²) < 4.78 is 22.8. The monoisotopic (exact) mass is 290 g/mol. The second kappa shape index (κ2) is 4.52. The van der Waals surface area contributed by atoms with Gasteiger partial charge in [0.25, 0.3) is 0 Å². The third-order valence-corrected chi connectivity index (χ3v) is 6.25. The highest BCUT2D eigenvalue weighted by atomic mass is 32.2. The normalized spacial score (nSPS) is 11.9. The lowest BCUT2D eigenvalue weighted by atomic mass is 10.4. The molecule has 16 heavy (non-hydrogen) atoms. The van der Waals surface area contributed by atoms with Gasteiger partial charge in [0.05, 0.1) is 9.77 Å². The summed E-state index contributed by atoms with van der Waals surface area (Å²) in [7, 11) is -3.08. The summed E-state index contributed by atoms with van der Waals surface area (Å²) in [5.74, 6) is 0. The van der Waals surface area contributed by atoms with Crippen molar-refractivity contribution in [3.8, 4) is 9.75 Å². The van der Waals surface area contributed by atoms with Crippen LogP contribution in [0, 0.1) is 0 Å². The van der Waals surface area contributed by atoms with Crippen LogP contribution in [0.25, 0.3) is 9.75 Å². The van der Waals surface area contributed by atoms with E-state index in [4.69, 9.17) is 0 Å². The van der Waals surface area contributed by atoms with Gasteiger partial charge in [-0.3, -0.25) is 0 Å². The Morgan fingerprint density at radius 1 is 1.31 bits per heavy atom. The molecule has 2 heterocycles. The third kappa shape index (κ3) is 2.34. The first-order chi connectivity index (χ1) is 7.52. The Hall–Kier alpha value is -0.300. The molecule has 0 saturated carbocycles. The van der Waals surface area contributed by atoms with E-state index in [0.717, 1.165) is 9.75 Å². The van der Waals surface area contributed by atoms with Crippen LogP contribution in [-0.4, -0.2) is 20.9 Å². The van der Waals surface area contributed by atoms with Gasteiger partial charge < -0.3 is 0 Å². The molecule has 0 fully saturated rings. The lowest BCUT2D eigenvalue weighted by molar-refractivity contribution is 0.602. The molecule has 0 atom stereocenters. The molecule has 2 nitrogen and oxygen atoms in total. The van der Waals surface area contributed by atoms with Crippen LogP contribution in [0.1, 0.15) is 0 Å². The second-order valence-corrected chi connectivity index (χ2v) is 7.93. The van der Waals surface area contributed by atoms with Gasteiger partial charge in [0.2, 0.25) is 0 Å². The van der Waals surface area contributed by atoms with Gasteiger partial charge in [-0.15, -0.1) is 34.4 Å². The lowest BCUT2D eigenvalue weighted by Crippen LogP contribution is -1.93. The molecule has 2 rings (SSSR count). The smallest absolute Gasteiger partial charge is 0.176 e. The molecule has 0 aromatic carbocycles. The van der Waals surface area contributed by atoms with Gasteiger partial charge >= 0.3 is 0 Å². The molecule has 0 N–H and O–H groups in total. The summed E-state index contributed by atoms with van der Waals surface area (Å²) in [6.45, 7) is 0. The van der Waals surface area contributed by atoms with Crippen LogP contribution in [0.2, 0.25) is 0 Å². The van der Waals surface area contributed by atoms with Gasteiger partial charge in [-0.2, -0.15) is 0 Å². The Morgan fingerprint density at radius 2 is 2.06 bits per heavy atom. The summed E-state index contributed by atoms with van der Waals surface area (Å²) in [5, 5.41) is 3.73. The zero-order chi connectivity index (χ0) is 11.8. The van der Waals surface area contributed by atoms with E-state index in [0.29, 0.717) is 4.90 Å². The number of hydrogen-bond donors (Lipinski definition) is 0. The maximum atomic E-state index is 11.4. The highest BCUT2D eigenvalue weighted by Crippen LogP contribution is 2.39. The molecule has 6 heteroatoms. The molecule has 0 aliphatic carbocycles. The molecule has 0 spiro atoms. The Balaban J connectivity index is 2.47. The molecular weight excluding hydrogens is 280 g/mol. The largest absolute Gasteiger partial charge is 0.224 e. The van der Waals surface area contributed by atoms with E-state index < -0.39 is 9.84 Å². The van der Waals surface area contributed by atoms with Crippen LogP contribution in [-0.2, 0) is 9.84 Å². The minimum absolute atomic E-state index is 0.410. The highest BCUT2D eigenvalue weighted by molar-refractivity contribution is 7.99. The second-order valence-electron chi connectivity index (χ2n) is 3.24. The summed E-state index contributed by atoms with van der Waals surface area (Å²) in [4.78, 5) is 3.80. The van der Waals surface area contributed by atoms with Crippen LogP contribution in [0.5, 0.6) is 0 Å². The number of hydrogen-bond acceptors (Lipinski definition) is 5. The SMILES string of the molecule is CSc1ccsc1-c1cc(S(C)(=O)=O)cs1. The third-order valence-electron chi connectivity index (χ3n) is 2.08. The van der Waals surface area contributed by atoms with Crippen molar-refractivity contribution in [3.05, 3.63) is 22.9 Å². The number of thiophene rings is 2. The minimum atomic E-state index is -3.08. The first-order valence-electron chi connectivity index (χ1n) is 4.43. The van der Waals surface area contributed by atoms with E-state index in [2.05, 4.69) is 6.07 Å². The number of rotatable bonds is 3. The summed E-state index contributed by atoms with van der Waals surface area (Å²) in [6, 6.07) is 3.82. The van der Waals surface area contributed by atoms with E-state index >= 15 is 0 Å². The molecule has 0 unspecified atom stereocenters. The molecule has 86 valence electrons. The molecule has 0 saturated heterocycles. The Labute approximate surface area is 107 Å². The topological polar surface area (TPSA) is 34.1 Å². The zero-order valence-corrected chi connectivity index (χ0v) is 12.0. The average Bonchev–Trinajstić information content (AvgIpc) is 2.84. The van der Waals surface area contributed by atoms with E-state index in [1.165, 1.54) is 22.5 Å². The molecule has 0 radical (unpaired) electrons. The van der Waals surface area contributed by atoms with Gasteiger partial charge in [0.1, 0.15) is 0 Å². The van der Waals surface area contributed by atoms with E-state index in [9.17, 15) is 8.42 Å². The molecule has 0 aliphatic rings. The van der Waals surface area contributed by atoms with Crippen LogP contribution in [0.15, 0.2) is 32.7 Å². The molecular formula is C10H10O2S4. The first-order valence-corrected chi connectivity index (χ1v) is 9.30. The van der Waals surface area contributed by atoms with Gasteiger partial charge in [0.15, 0.2) is 9.84 Å². The van der Waals surface area contributed by atoms with Crippen LogP contribution < -0.4 is 0 Å². The highest BCUT2D eigenvalue weighted by Gasteiger charge is 2.13. The number of sulfone groups is 1. The van der Waals surface area contributed by atoms with Crippen LogP contribution in [0.4, 0.5) is 0 Å². The summed E-state index contributed by atoms with van der Waals surface area (Å²) >= 11 is 4.81. The maximum absolute atomic E-state index is 11.4. The molecule has 2 aromatic rings. The fourth-order valence-electron chi connectivity index (χ4n) is 1.27. The molecule has 0 bridgehead atoms. The first kappa shape index (κ1) is 12.2. The van der Waals surface area contributed by atoms with Crippen molar-refractivity contribution < 1.29 is 8.42 Å². The molecule has 0 amide bonds. The van der Waals surface area contributed by atoms with Gasteiger partial charge in [-0.1, -0.05) is 0 Å². The van der Waals surface area contributed by atoms with Gasteiger partial charge in [-0.25, -0.2) is 8.42 Å². The fourth-order valence-corrected chi connectivity index (χ4v) is 5.28. The summed E-state index contributed by atoms with van der Waals surface area (Å²) in [5.41, 5.74) is 0. The lowest BCUT2D eigenvalue weighted by Gasteiger charge is -1.96. The van der Waals surface area contributed by atoms with E-state index in [1.54, 1.807) is 34.5 Å². The quantitative estimate of drug-likeness (QED) is 0.810. The Bertz CT molecular complexity index is 592. The predicted octanol–water partition coefficient (Wildman–Crippen LogP) is 3.60. The van der Waals surface area contributed by atoms with Crippen molar-refractivity contribution in [2.75, 3.05) is 12.5 Å². The van der Waals surface area contributed by atoms with E-state index in [1.807, 2.05) is 11.6 Å². The Morgan fingerprint density at radius 3 is 2.62 bits per heavy atom. The molecule has 0 aliphatic heterocycles. The Kier molecular flexibility index (Phi) is 3.44. The standard InChI is InChI=1S/C10H10O2S4/c1-13-8-3-4-14-10(8)9-5-7(6-15-9)16(2,11)12/h3-6H,1-2H3. The van der Waals surface area contributed by atoms with Crippen molar-refractivity contribution in [3.63, 3.8) is 0 Å². The minimum Gasteiger partial charge on any atom is -0.224 e. The van der Waals surface area contributed by atoms with Crippen LogP contribution in [0.3, 0.4) is 0 Å². The van der Waals surface area contributed by atoms with E-state index in [-0.39, 0.29) is 0 Å². The van der Waals surface area contributed by atoms with Crippen LogP contribution >= 0.6 is 34.4 Å². The van der Waals surface area contributed by atoms with Crippen molar-refractivity contribution in [1.29, 1.82) is 0 Å². The van der Waals surface area contributed by atoms with Crippen molar-refractivity contribution in [1.82, 2.24) is 0 Å².